The van der Waals surface area contributed by atoms with Crippen molar-refractivity contribution in [1.82, 2.24) is 0 Å². The maximum Gasteiger partial charge on any atom is -1.00 e. The van der Waals surface area contributed by atoms with E-state index in [-0.39, 0.29) is 36.4 Å². The Morgan fingerprint density at radius 2 is 1.23 bits per heavy atom. The van der Waals surface area contributed by atoms with E-state index in [9.17, 15) is 9.59 Å². The number of hydrogen-bond donors (Lipinski definition) is 0. The first kappa shape index (κ1) is 28.8. The van der Waals surface area contributed by atoms with Gasteiger partial charge in [-0.05, 0) is 18.9 Å². The molecular weight excluding hydrogens is 554 g/mol. The van der Waals surface area contributed by atoms with Gasteiger partial charge in [0.2, 0.25) is 0 Å². The number of ketones is 2. The predicted molar refractivity (Wildman–Crippen MR) is 130 cm³/mol. The number of Topliss-reactive ketones (excluding diaryl/α,β-unsaturated/α-hetero) is 2. The van der Waals surface area contributed by atoms with E-state index in [0.717, 1.165) is 30.7 Å². The molecule has 5 rings (SSSR count). The largest absolute Gasteiger partial charge is 1.00 e. The first-order valence-electron chi connectivity index (χ1n) is 10.8. The van der Waals surface area contributed by atoms with Gasteiger partial charge in [0.05, 0.1) is 0 Å². The van der Waals surface area contributed by atoms with Crippen LogP contribution in [0.3, 0.4) is 0 Å². The van der Waals surface area contributed by atoms with Crippen molar-refractivity contribution in [3.63, 3.8) is 0 Å². The van der Waals surface area contributed by atoms with Crippen molar-refractivity contribution in [2.24, 2.45) is 0 Å². The third-order valence-electron chi connectivity index (χ3n) is 5.62. The van der Waals surface area contributed by atoms with Crippen molar-refractivity contribution >= 4 is 14.8 Å². The van der Waals surface area contributed by atoms with Crippen LogP contribution in [0, 0.1) is 19.9 Å². The predicted octanol–water partition coefficient (Wildman–Crippen LogP) is 0.154. The topological polar surface area (TPSA) is 34.1 Å². The Labute approximate surface area is 233 Å². The van der Waals surface area contributed by atoms with Crippen LogP contribution in [0.15, 0.2) is 91.0 Å². The fourth-order valence-corrected chi connectivity index (χ4v) is 4.65. The fraction of sp³-hybridized carbons (Fsp3) is 0.100. The van der Waals surface area contributed by atoms with Gasteiger partial charge < -0.3 is 24.8 Å². The third kappa shape index (κ3) is 6.82. The molecule has 0 unspecified atom stereocenters. The quantitative estimate of drug-likeness (QED) is 0.173. The Morgan fingerprint density at radius 1 is 0.714 bits per heavy atom. The van der Waals surface area contributed by atoms with E-state index in [2.05, 4.69) is 50.2 Å². The summed E-state index contributed by atoms with van der Waals surface area (Å²) in [5, 5.41) is 0. The van der Waals surface area contributed by atoms with Crippen molar-refractivity contribution < 1.29 is 58.6 Å². The monoisotopic (exact) mass is 575 g/mol. The molecular formula is C30H23Cl2O2Zr-. The van der Waals surface area contributed by atoms with Gasteiger partial charge in [0.1, 0.15) is 0 Å². The molecule has 0 N–H and O–H groups in total. The van der Waals surface area contributed by atoms with E-state index >= 15 is 0 Å². The Bertz CT molecular complexity index is 1250. The zero-order chi connectivity index (χ0) is 23.4. The molecule has 0 saturated heterocycles. The number of halogens is 2. The summed E-state index contributed by atoms with van der Waals surface area (Å²) < 4.78 is 0.333. The first-order chi connectivity index (χ1) is 15.9. The van der Waals surface area contributed by atoms with Gasteiger partial charge in [0, 0.05) is 0 Å². The summed E-state index contributed by atoms with van der Waals surface area (Å²) in [5.74, 6) is -0.356. The van der Waals surface area contributed by atoms with Crippen molar-refractivity contribution in [3.8, 4) is 11.1 Å². The van der Waals surface area contributed by atoms with Gasteiger partial charge in [0.15, 0.2) is 0 Å². The van der Waals surface area contributed by atoms with Crippen LogP contribution in [0.1, 0.15) is 43.0 Å². The zero-order valence-corrected chi connectivity index (χ0v) is 23.4. The van der Waals surface area contributed by atoms with Crippen molar-refractivity contribution in [3.05, 3.63) is 130 Å². The molecule has 4 aromatic rings. The van der Waals surface area contributed by atoms with Gasteiger partial charge in [0.25, 0.3) is 0 Å². The van der Waals surface area contributed by atoms with Crippen molar-refractivity contribution in [2.45, 2.75) is 20.3 Å². The van der Waals surface area contributed by atoms with Crippen LogP contribution < -0.4 is 24.8 Å². The molecule has 0 radical (unpaired) electrons. The second-order valence-electron chi connectivity index (χ2n) is 8.14. The molecule has 0 saturated carbocycles. The molecule has 0 bridgehead atoms. The first-order valence-corrected chi connectivity index (χ1v) is 12.1. The molecule has 4 aromatic carbocycles. The van der Waals surface area contributed by atoms with E-state index in [1.807, 2.05) is 12.1 Å². The zero-order valence-electron chi connectivity index (χ0n) is 19.4. The van der Waals surface area contributed by atoms with Crippen LogP contribution in [0.5, 0.6) is 0 Å². The molecule has 2 nitrogen and oxygen atoms in total. The minimum absolute atomic E-state index is 0. The summed E-state index contributed by atoms with van der Waals surface area (Å²) in [7, 11) is 0. The van der Waals surface area contributed by atoms with Gasteiger partial charge in [-0.25, -0.2) is 0 Å². The maximum absolute atomic E-state index is 12.1. The molecule has 1 aliphatic rings. The van der Waals surface area contributed by atoms with Crippen LogP contribution in [0.4, 0.5) is 0 Å². The fourth-order valence-electron chi connectivity index (χ4n) is 3.94. The molecule has 0 aliphatic heterocycles. The summed E-state index contributed by atoms with van der Waals surface area (Å²) in [4.78, 5) is 24.2. The number of carbonyl (C=O) groups is 2. The van der Waals surface area contributed by atoms with Crippen molar-refractivity contribution in [2.75, 3.05) is 0 Å². The SMILES string of the molecule is Cc1[c-]c2c(cc1)-c1ccc(C)cc1C2.O=C([C](=[Zr+2])C(=O)c1ccccc1)c1ccccc1.[Cl-].[Cl-]. The molecule has 0 atom stereocenters. The van der Waals surface area contributed by atoms with Gasteiger partial charge in [-0.15, -0.1) is 11.1 Å². The van der Waals surface area contributed by atoms with Gasteiger partial charge in [-0.1, -0.05) is 36.2 Å². The number of aryl methyl sites for hydroxylation is 2. The minimum Gasteiger partial charge on any atom is -1.00 e. The Hall–Kier alpha value is -2.45. The smallest absolute Gasteiger partial charge is 1.00 e. The van der Waals surface area contributed by atoms with E-state index in [0.29, 0.717) is 14.3 Å². The van der Waals surface area contributed by atoms with Crippen LogP contribution >= 0.6 is 0 Å². The van der Waals surface area contributed by atoms with Crippen LogP contribution in [0.25, 0.3) is 11.1 Å². The average Bonchev–Trinajstić information content (AvgIpc) is 3.20. The third-order valence-corrected chi connectivity index (χ3v) is 6.73. The van der Waals surface area contributed by atoms with Gasteiger partial charge in [-0.2, -0.15) is 23.8 Å². The van der Waals surface area contributed by atoms with Crippen LogP contribution in [0.2, 0.25) is 0 Å². The standard InChI is InChI=1S/C15H10O2.C15H13.2ClH.Zr/c16-14(12-7-3-1-4-8-12)11-15(17)13-9-5-2-6-10-13;1-10-3-5-14-12(7-10)9-13-8-11(2)4-6-15(13)14;;;/h1-10H;3-7H,9H2,1-2H3;2*1H;/q;-1;;;+2/p-2. The summed E-state index contributed by atoms with van der Waals surface area (Å²) >= 11 is 0.842. The molecule has 0 amide bonds. The molecule has 174 valence electrons. The number of benzene rings is 4. The molecule has 0 heterocycles. The maximum atomic E-state index is 12.1. The molecule has 0 spiro atoms. The van der Waals surface area contributed by atoms with E-state index < -0.39 is 0 Å². The molecule has 5 heteroatoms. The van der Waals surface area contributed by atoms with E-state index in [1.165, 1.54) is 33.4 Å². The summed E-state index contributed by atoms with van der Waals surface area (Å²) in [6.07, 6.45) is 1.05. The van der Waals surface area contributed by atoms with Crippen molar-refractivity contribution in [1.29, 1.82) is 0 Å². The van der Waals surface area contributed by atoms with Gasteiger partial charge in [-0.3, -0.25) is 0 Å². The Balaban J connectivity index is 0.000000236. The minimum atomic E-state index is -0.178. The summed E-state index contributed by atoms with van der Waals surface area (Å²) in [5.41, 5.74) is 9.28. The second kappa shape index (κ2) is 13.0. The molecule has 35 heavy (non-hydrogen) atoms. The summed E-state index contributed by atoms with van der Waals surface area (Å²) in [6.45, 7) is 4.26. The van der Waals surface area contributed by atoms with E-state index in [1.54, 1.807) is 48.5 Å². The molecule has 1 aliphatic carbocycles. The number of hydrogen-bond acceptors (Lipinski definition) is 2. The number of carbonyl (C=O) groups excluding carboxylic acids is 2. The summed E-state index contributed by atoms with van der Waals surface area (Å²) in [6, 6.07) is 32.3. The van der Waals surface area contributed by atoms with E-state index in [4.69, 9.17) is 0 Å². The Kier molecular flexibility index (Phi) is 10.7. The second-order valence-corrected chi connectivity index (χ2v) is 9.37. The number of fused-ring (bicyclic) bond motifs is 3. The normalized spacial score (nSPS) is 10.4. The average molecular weight is 578 g/mol. The molecule has 0 aromatic heterocycles. The number of rotatable bonds is 4. The van der Waals surface area contributed by atoms with Gasteiger partial charge >= 0.3 is 120 Å². The van der Waals surface area contributed by atoms with Crippen LogP contribution in [-0.2, 0) is 30.7 Å². The Morgan fingerprint density at radius 3 is 1.77 bits per heavy atom. The molecule has 0 fully saturated rings. The van der Waals surface area contributed by atoms with Crippen LogP contribution in [-0.4, -0.2) is 14.8 Å².